The monoisotopic (exact) mass is 733 g/mol. The minimum atomic E-state index is -0.391. The van der Waals surface area contributed by atoms with Crippen molar-refractivity contribution in [1.29, 1.82) is 0 Å². The van der Waals surface area contributed by atoms with Gasteiger partial charge in [0, 0.05) is 27.9 Å². The number of nitrogens with one attached hydrogen (secondary N) is 1. The molecule has 11 rings (SSSR count). The molecule has 0 bridgehead atoms. The van der Waals surface area contributed by atoms with E-state index in [9.17, 15) is 0 Å². The Morgan fingerprint density at radius 3 is 2.26 bits per heavy atom. The third kappa shape index (κ3) is 5.08. The Hall–Kier alpha value is -6.71. The highest BCUT2D eigenvalue weighted by atomic mass is 15.0. The number of hydrogen-bond donors (Lipinski definition) is 1. The molecule has 0 aliphatic heterocycles. The summed E-state index contributed by atoms with van der Waals surface area (Å²) >= 11 is 0. The van der Waals surface area contributed by atoms with E-state index >= 15 is 0 Å². The van der Waals surface area contributed by atoms with Gasteiger partial charge in [0.1, 0.15) is 5.82 Å². The number of nitrogens with zero attached hydrogens (tertiary/aromatic N) is 2. The maximum Gasteiger partial charge on any atom is 0.137 e. The van der Waals surface area contributed by atoms with Gasteiger partial charge in [0.05, 0.1) is 22.8 Å². The van der Waals surface area contributed by atoms with Crippen LogP contribution in [0.3, 0.4) is 0 Å². The molecule has 57 heavy (non-hydrogen) atoms. The number of fused-ring (bicyclic) bond motifs is 6. The Morgan fingerprint density at radius 2 is 1.40 bits per heavy atom. The first-order valence-corrected chi connectivity index (χ1v) is 20.3. The molecule has 1 N–H and O–H groups in total. The van der Waals surface area contributed by atoms with Gasteiger partial charge in [-0.25, -0.2) is 4.98 Å². The van der Waals surface area contributed by atoms with E-state index in [0.717, 1.165) is 41.2 Å². The number of allylic oxidation sites excluding steroid dienone is 5. The summed E-state index contributed by atoms with van der Waals surface area (Å²) in [5.74, 6) is 1.61. The number of imidazole rings is 1. The van der Waals surface area contributed by atoms with Crippen LogP contribution in [0.15, 0.2) is 188 Å². The SMILES string of the molecule is CC1C=C(c2cccc3c2-c2ccccc2C3(C2=CC=CCC2C)c2ccccc2)c2c(n(-c3cccc(-c4ncc(-c5ccccc5)[nH]4)c3)c3ccccc23)C1. The molecule has 3 unspecified atom stereocenters. The van der Waals surface area contributed by atoms with Gasteiger partial charge < -0.3 is 9.55 Å². The molecule has 2 aromatic heterocycles. The second-order valence-corrected chi connectivity index (χ2v) is 16.1. The Labute approximate surface area is 334 Å². The lowest BCUT2D eigenvalue weighted by molar-refractivity contribution is 0.576. The summed E-state index contributed by atoms with van der Waals surface area (Å²) in [4.78, 5) is 8.43. The van der Waals surface area contributed by atoms with Crippen molar-refractivity contribution >= 4 is 16.5 Å². The fourth-order valence-electron chi connectivity index (χ4n) is 10.3. The zero-order chi connectivity index (χ0) is 38.1. The molecular formula is C54H43N3. The average Bonchev–Trinajstić information content (AvgIpc) is 3.97. The summed E-state index contributed by atoms with van der Waals surface area (Å²) < 4.78 is 2.52. The van der Waals surface area contributed by atoms with Gasteiger partial charge in [0.25, 0.3) is 0 Å². The van der Waals surface area contributed by atoms with Crippen molar-refractivity contribution in [1.82, 2.24) is 14.5 Å². The van der Waals surface area contributed by atoms with Gasteiger partial charge in [-0.05, 0) is 93.0 Å². The summed E-state index contributed by atoms with van der Waals surface area (Å²) in [6.07, 6.45) is 13.5. The van der Waals surface area contributed by atoms with Crippen molar-refractivity contribution in [3.8, 4) is 39.5 Å². The van der Waals surface area contributed by atoms with Crippen LogP contribution in [0.25, 0.3) is 55.9 Å². The van der Waals surface area contributed by atoms with Crippen LogP contribution < -0.4 is 0 Å². The van der Waals surface area contributed by atoms with E-state index in [1.807, 2.05) is 12.3 Å². The maximum absolute atomic E-state index is 4.84. The summed E-state index contributed by atoms with van der Waals surface area (Å²) in [5.41, 5.74) is 18.8. The van der Waals surface area contributed by atoms with Gasteiger partial charge in [-0.2, -0.15) is 0 Å². The van der Waals surface area contributed by atoms with E-state index < -0.39 is 5.41 Å². The molecule has 3 nitrogen and oxygen atoms in total. The van der Waals surface area contributed by atoms with Crippen LogP contribution in [0.5, 0.6) is 0 Å². The van der Waals surface area contributed by atoms with Gasteiger partial charge in [0.2, 0.25) is 0 Å². The molecule has 3 aliphatic carbocycles. The van der Waals surface area contributed by atoms with Crippen LogP contribution >= 0.6 is 0 Å². The topological polar surface area (TPSA) is 33.6 Å². The molecule has 0 saturated carbocycles. The van der Waals surface area contributed by atoms with Gasteiger partial charge in [0.15, 0.2) is 0 Å². The van der Waals surface area contributed by atoms with Crippen molar-refractivity contribution < 1.29 is 0 Å². The maximum atomic E-state index is 4.84. The van der Waals surface area contributed by atoms with Crippen molar-refractivity contribution in [2.75, 3.05) is 0 Å². The Morgan fingerprint density at radius 1 is 0.684 bits per heavy atom. The third-order valence-corrected chi connectivity index (χ3v) is 12.7. The molecule has 6 aromatic carbocycles. The zero-order valence-corrected chi connectivity index (χ0v) is 32.3. The average molecular weight is 734 g/mol. The van der Waals surface area contributed by atoms with Crippen LogP contribution in [0.2, 0.25) is 0 Å². The van der Waals surface area contributed by atoms with Gasteiger partial charge in [-0.1, -0.05) is 172 Å². The molecule has 8 aromatic rings. The molecule has 0 radical (unpaired) electrons. The molecule has 274 valence electrons. The first-order chi connectivity index (χ1) is 28.1. The predicted octanol–water partition coefficient (Wildman–Crippen LogP) is 13.1. The van der Waals surface area contributed by atoms with Crippen molar-refractivity contribution in [2.24, 2.45) is 11.8 Å². The number of aromatic amines is 1. The van der Waals surface area contributed by atoms with Gasteiger partial charge in [-0.3, -0.25) is 0 Å². The van der Waals surface area contributed by atoms with Crippen molar-refractivity contribution in [2.45, 2.75) is 32.1 Å². The third-order valence-electron chi connectivity index (χ3n) is 12.7. The molecule has 2 heterocycles. The second kappa shape index (κ2) is 13.2. The molecular weight excluding hydrogens is 691 g/mol. The highest BCUT2D eigenvalue weighted by Gasteiger charge is 2.49. The highest BCUT2D eigenvalue weighted by Crippen LogP contribution is 2.60. The van der Waals surface area contributed by atoms with Crippen molar-refractivity contribution in [3.63, 3.8) is 0 Å². The molecule has 0 amide bonds. The van der Waals surface area contributed by atoms with Gasteiger partial charge in [-0.15, -0.1) is 0 Å². The largest absolute Gasteiger partial charge is 0.338 e. The van der Waals surface area contributed by atoms with Crippen LogP contribution in [0.1, 0.15) is 53.8 Å². The normalized spacial score (nSPS) is 19.5. The van der Waals surface area contributed by atoms with E-state index in [0.29, 0.717) is 11.8 Å². The molecule has 0 saturated heterocycles. The molecule has 0 spiro atoms. The minimum absolute atomic E-state index is 0.342. The lowest BCUT2D eigenvalue weighted by atomic mass is 9.63. The number of benzene rings is 6. The number of para-hydroxylation sites is 1. The van der Waals surface area contributed by atoms with Gasteiger partial charge >= 0.3 is 0 Å². The minimum Gasteiger partial charge on any atom is -0.338 e. The standard InChI is InChI=1S/C54H43N3/c1-35-31-44(41-26-16-29-47-51(41)42-24-10-13-28-46(42)54(47,39-21-7-4-8-22-39)45-27-12-9-17-36(45)2)52-43-25-11-14-30-49(43)57(50(52)32-35)40-23-15-20-38(33-40)53-55-34-48(56-53)37-18-5-3-6-19-37/h3-16,18-31,33-36H,17,32H2,1-2H3,(H,55,56). The van der Waals surface area contributed by atoms with E-state index in [1.54, 1.807) is 0 Å². The van der Waals surface area contributed by atoms with E-state index in [2.05, 4.69) is 193 Å². The zero-order valence-electron chi connectivity index (χ0n) is 32.3. The molecule has 3 atom stereocenters. The highest BCUT2D eigenvalue weighted by molar-refractivity contribution is 6.05. The molecule has 0 fully saturated rings. The fraction of sp³-hybridized carbons (Fsp3) is 0.130. The van der Waals surface area contributed by atoms with Crippen LogP contribution in [0.4, 0.5) is 0 Å². The summed E-state index contributed by atoms with van der Waals surface area (Å²) in [6, 6.07) is 55.8. The lowest BCUT2D eigenvalue weighted by Crippen LogP contribution is -2.33. The number of hydrogen-bond acceptors (Lipinski definition) is 1. The first-order valence-electron chi connectivity index (χ1n) is 20.3. The quantitative estimate of drug-likeness (QED) is 0.181. The van der Waals surface area contributed by atoms with E-state index in [-0.39, 0.29) is 0 Å². The molecule has 3 aliphatic rings. The summed E-state index contributed by atoms with van der Waals surface area (Å²) in [7, 11) is 0. The van der Waals surface area contributed by atoms with Crippen LogP contribution in [-0.2, 0) is 11.8 Å². The summed E-state index contributed by atoms with van der Waals surface area (Å²) in [6.45, 7) is 4.78. The number of H-pyrrole nitrogens is 1. The number of aromatic nitrogens is 3. The summed E-state index contributed by atoms with van der Waals surface area (Å²) in [5, 5.41) is 1.28. The Kier molecular flexibility index (Phi) is 7.79. The Bertz CT molecular complexity index is 2940. The fourth-order valence-corrected chi connectivity index (χ4v) is 10.3. The predicted molar refractivity (Wildman–Crippen MR) is 235 cm³/mol. The van der Waals surface area contributed by atoms with E-state index in [1.165, 1.54) is 66.7 Å². The van der Waals surface area contributed by atoms with Crippen LogP contribution in [0, 0.1) is 11.8 Å². The lowest BCUT2D eigenvalue weighted by Gasteiger charge is -2.39. The van der Waals surface area contributed by atoms with E-state index in [4.69, 9.17) is 4.98 Å². The van der Waals surface area contributed by atoms with Crippen LogP contribution in [-0.4, -0.2) is 14.5 Å². The second-order valence-electron chi connectivity index (χ2n) is 16.1. The van der Waals surface area contributed by atoms with Crippen molar-refractivity contribution in [3.05, 3.63) is 221 Å². The smallest absolute Gasteiger partial charge is 0.137 e. The number of rotatable bonds is 6. The molecule has 3 heteroatoms. The first kappa shape index (κ1) is 33.6. The Balaban J connectivity index is 1.12.